The van der Waals surface area contributed by atoms with Crippen LogP contribution >= 0.6 is 0 Å². The molecular formula is C63H105N11O13. The largest absolute Gasteiger partial charge is 0.391 e. The number of nitrogens with zero attached hydrogens (tertiary/aromatic N) is 8. The van der Waals surface area contributed by atoms with Crippen molar-refractivity contribution in [2.24, 2.45) is 23.7 Å². The quantitative estimate of drug-likeness (QED) is 0.234. The van der Waals surface area contributed by atoms with Gasteiger partial charge in [0.25, 0.3) is 0 Å². The fourth-order valence-corrected chi connectivity index (χ4v) is 10.9. The van der Waals surface area contributed by atoms with Gasteiger partial charge >= 0.3 is 0 Å². The van der Waals surface area contributed by atoms with E-state index in [2.05, 4.69) is 16.0 Å². The van der Waals surface area contributed by atoms with Crippen molar-refractivity contribution in [2.75, 3.05) is 82.1 Å². The Balaban J connectivity index is 2.32. The maximum atomic E-state index is 15.3. The molecule has 0 unspecified atom stereocenters. The van der Waals surface area contributed by atoms with Crippen LogP contribution in [0.2, 0.25) is 0 Å². The average molecular weight is 1220 g/mol. The summed E-state index contributed by atoms with van der Waals surface area (Å²) in [6, 6.07) is -1.90. The van der Waals surface area contributed by atoms with Crippen LogP contribution in [0.15, 0.2) is 30.3 Å². The Morgan fingerprint density at radius 2 is 1.16 bits per heavy atom. The van der Waals surface area contributed by atoms with E-state index in [-0.39, 0.29) is 44.2 Å². The number of nitrogens with one attached hydrogen (secondary N) is 3. The van der Waals surface area contributed by atoms with Gasteiger partial charge in [-0.05, 0) is 90.0 Å². The highest BCUT2D eigenvalue weighted by molar-refractivity contribution is 5.99. The first-order valence-corrected chi connectivity index (χ1v) is 30.8. The van der Waals surface area contributed by atoms with Crippen LogP contribution in [-0.4, -0.2) is 251 Å². The molecule has 4 N–H and O–H groups in total. The highest BCUT2D eigenvalue weighted by Crippen LogP contribution is 2.23. The second kappa shape index (κ2) is 33.6. The van der Waals surface area contributed by atoms with E-state index >= 15 is 14.4 Å². The zero-order valence-electron chi connectivity index (χ0n) is 55.5. The van der Waals surface area contributed by atoms with Crippen molar-refractivity contribution in [1.29, 1.82) is 0 Å². The maximum Gasteiger partial charge on any atom is 0.248 e. The van der Waals surface area contributed by atoms with E-state index in [4.69, 9.17) is 4.74 Å². The number of aliphatic hydroxyl groups is 1. The molecule has 0 bridgehead atoms. The highest BCUT2D eigenvalue weighted by atomic mass is 16.5. The van der Waals surface area contributed by atoms with E-state index in [9.17, 15) is 43.5 Å². The van der Waals surface area contributed by atoms with E-state index in [1.54, 1.807) is 69.9 Å². The molecule has 0 aromatic heterocycles. The van der Waals surface area contributed by atoms with Crippen molar-refractivity contribution in [3.8, 4) is 0 Å². The Bertz CT molecular complexity index is 2540. The number of rotatable bonds is 12. The first-order valence-electron chi connectivity index (χ1n) is 30.8. The number of benzene rings is 1. The number of carbonyl (C=O) groups excluding carboxylic acids is 11. The van der Waals surface area contributed by atoms with Crippen LogP contribution in [-0.2, 0) is 63.9 Å². The number of likely N-dealkylation sites (N-methyl/N-ethyl adjacent to an activating group) is 6. The highest BCUT2D eigenvalue weighted by Gasteiger charge is 2.44. The summed E-state index contributed by atoms with van der Waals surface area (Å²) in [5, 5.41) is 19.7. The lowest BCUT2D eigenvalue weighted by atomic mass is 9.95. The predicted octanol–water partition coefficient (Wildman–Crippen LogP) is 2.14. The van der Waals surface area contributed by atoms with Crippen molar-refractivity contribution in [3.63, 3.8) is 0 Å². The summed E-state index contributed by atoms with van der Waals surface area (Å²) < 4.78 is 6.17. The van der Waals surface area contributed by atoms with Crippen molar-refractivity contribution in [1.82, 2.24) is 55.1 Å². The normalized spacial score (nSPS) is 26.4. The van der Waals surface area contributed by atoms with E-state index < -0.39 is 150 Å². The van der Waals surface area contributed by atoms with Crippen LogP contribution in [0.1, 0.15) is 134 Å². The number of aliphatic hydroxyl groups excluding tert-OH is 1. The molecule has 0 spiro atoms. The van der Waals surface area contributed by atoms with Gasteiger partial charge in [0.1, 0.15) is 48.3 Å². The van der Waals surface area contributed by atoms with Crippen LogP contribution in [0.5, 0.6) is 0 Å². The molecule has 0 saturated carbocycles. The Labute approximate surface area is 517 Å². The summed E-state index contributed by atoms with van der Waals surface area (Å²) in [6.45, 7) is 20.4. The van der Waals surface area contributed by atoms with Gasteiger partial charge in [-0.3, -0.25) is 52.7 Å². The van der Waals surface area contributed by atoms with E-state index in [0.29, 0.717) is 37.9 Å². The second-order valence-corrected chi connectivity index (χ2v) is 26.0. The summed E-state index contributed by atoms with van der Waals surface area (Å²) >= 11 is 0. The summed E-state index contributed by atoms with van der Waals surface area (Å²) in [7, 11) is 9.83. The summed E-state index contributed by atoms with van der Waals surface area (Å²) in [5.74, 6) is -9.28. The Morgan fingerprint density at radius 1 is 0.621 bits per heavy atom. The monoisotopic (exact) mass is 1220 g/mol. The summed E-state index contributed by atoms with van der Waals surface area (Å²) in [6.07, 6.45) is 0.737. The van der Waals surface area contributed by atoms with Crippen molar-refractivity contribution in [3.05, 3.63) is 35.9 Å². The van der Waals surface area contributed by atoms with E-state index in [0.717, 1.165) is 21.1 Å². The molecule has 2 fully saturated rings. The topological polar surface area (TPSA) is 279 Å². The van der Waals surface area contributed by atoms with Gasteiger partial charge in [-0.25, -0.2) is 0 Å². The number of hydrogen-bond acceptors (Lipinski definition) is 13. The molecule has 0 aliphatic carbocycles. The molecule has 1 aromatic rings. The van der Waals surface area contributed by atoms with Crippen molar-refractivity contribution in [2.45, 2.75) is 194 Å². The zero-order valence-corrected chi connectivity index (χ0v) is 55.5. The molecule has 490 valence electrons. The Hall–Kier alpha value is -6.69. The maximum absolute atomic E-state index is 15.3. The third-order valence-corrected chi connectivity index (χ3v) is 16.7. The number of ether oxygens (including phenoxy) is 1. The van der Waals surface area contributed by atoms with Gasteiger partial charge in [0.2, 0.25) is 65.0 Å². The minimum Gasteiger partial charge on any atom is -0.391 e. The molecule has 1 aromatic carbocycles. The fraction of sp³-hybridized carbons (Fsp3) is 0.730. The number of likely N-dealkylation sites (tertiary alicyclic amines) is 1. The summed E-state index contributed by atoms with van der Waals surface area (Å²) in [4.78, 5) is 171. The van der Waals surface area contributed by atoms with Crippen molar-refractivity contribution >= 4 is 65.0 Å². The smallest absolute Gasteiger partial charge is 0.248 e. The number of amides is 11. The van der Waals surface area contributed by atoms with Gasteiger partial charge in [0.05, 0.1) is 37.2 Å². The van der Waals surface area contributed by atoms with Crippen LogP contribution in [0.25, 0.3) is 0 Å². The van der Waals surface area contributed by atoms with Gasteiger partial charge in [0.15, 0.2) is 0 Å². The zero-order chi connectivity index (χ0) is 66.1. The SMILES string of the molecule is CC[C@H](C)[C@H]1C(=O)N[C@H](C(=O)N2CCCCC2)CC(=O)N(C)C[C@H](C)C(=O)N(C)[C@@H](C)C(=O)N(C)CC(=O)N(C)[C@@H](CC(C)C)C(=O)N[C@@H]([C@@H](C)O)C(=O)N(C)[C@@H](Cc2ccccc2)C(=O)N(C)[C@@H](CC(C)C)C(=O)N[C@@H](COC(C)(C)C)C(=O)N1C. The fourth-order valence-electron chi connectivity index (χ4n) is 10.9. The Morgan fingerprint density at radius 3 is 1.69 bits per heavy atom. The standard InChI is InChI=1S/C63H105N11O13/c1-20-40(6)53-56(80)64-45(60(84)74-29-25-22-26-30-74)34-50(76)67(13)35-41(7)57(81)69(15)42(8)58(82)68(14)36-51(77)70(16)47(31-38(2)3)55(79)66-52(43(9)75)62(86)72(18)49(33-44-27-23-21-24-28-44)61(85)71(17)48(32-39(4)5)54(78)65-46(59(83)73(53)19)37-87-63(10,11)12/h21,23-24,27-28,38-43,45-49,52-53,75H,20,22,25-26,29-37H2,1-19H3,(H,64,80)(H,65,78)(H,66,79)/t40-,41-,42-,43+,45-,46-,47-,48-,49-,52-,53-/m0/s1. The first-order chi connectivity index (χ1) is 40.4. The lowest BCUT2D eigenvalue weighted by Crippen LogP contribution is -2.63. The molecule has 2 aliphatic heterocycles. The lowest BCUT2D eigenvalue weighted by Gasteiger charge is -2.38. The lowest BCUT2D eigenvalue weighted by molar-refractivity contribution is -0.152. The molecule has 3 rings (SSSR count). The van der Waals surface area contributed by atoms with Gasteiger partial charge in [-0.2, -0.15) is 0 Å². The first kappa shape index (κ1) is 74.6. The minimum atomic E-state index is -1.66. The second-order valence-electron chi connectivity index (χ2n) is 26.0. The number of hydrogen-bond donors (Lipinski definition) is 4. The third-order valence-electron chi connectivity index (χ3n) is 16.7. The molecule has 11 amide bonds. The van der Waals surface area contributed by atoms with E-state index in [1.165, 1.54) is 82.8 Å². The van der Waals surface area contributed by atoms with Crippen LogP contribution in [0.4, 0.5) is 0 Å². The number of piperidine rings is 1. The molecule has 24 heteroatoms. The number of carbonyl (C=O) groups is 11. The van der Waals surface area contributed by atoms with Crippen LogP contribution in [0.3, 0.4) is 0 Å². The van der Waals surface area contributed by atoms with Crippen molar-refractivity contribution < 1.29 is 62.6 Å². The average Bonchev–Trinajstić information content (AvgIpc) is 1.37. The van der Waals surface area contributed by atoms with Gasteiger partial charge in [-0.1, -0.05) is 85.2 Å². The molecule has 11 atom stereocenters. The molecule has 2 heterocycles. The van der Waals surface area contributed by atoms with Gasteiger partial charge in [-0.15, -0.1) is 0 Å². The van der Waals surface area contributed by atoms with E-state index in [1.807, 2.05) is 34.6 Å². The van der Waals surface area contributed by atoms with Gasteiger partial charge in [0, 0.05) is 75.4 Å². The van der Waals surface area contributed by atoms with Crippen LogP contribution < -0.4 is 16.0 Å². The summed E-state index contributed by atoms with van der Waals surface area (Å²) in [5.41, 5.74) is -0.204. The predicted molar refractivity (Wildman–Crippen MR) is 330 cm³/mol. The molecular weight excluding hydrogens is 1120 g/mol. The minimum absolute atomic E-state index is 0.0734. The molecule has 2 saturated heterocycles. The van der Waals surface area contributed by atoms with Gasteiger partial charge < -0.3 is 65.0 Å². The molecule has 0 radical (unpaired) electrons. The van der Waals surface area contributed by atoms with Crippen LogP contribution in [0, 0.1) is 23.7 Å². The molecule has 2 aliphatic rings. The Kier molecular flexibility index (Phi) is 28.8. The molecule has 24 nitrogen and oxygen atoms in total. The molecule has 87 heavy (non-hydrogen) atoms. The third kappa shape index (κ3) is 21.3.